The number of hydrogen-bond acceptors (Lipinski definition) is 2. The second-order valence-electron chi connectivity index (χ2n) is 8.31. The highest BCUT2D eigenvalue weighted by Gasteiger charge is 2.31. The van der Waals surface area contributed by atoms with Gasteiger partial charge in [-0.2, -0.15) is 0 Å². The Balaban J connectivity index is 1.95. The molecular weight excluding hydrogens is 503 g/mol. The van der Waals surface area contributed by atoms with E-state index in [2.05, 4.69) is 5.32 Å². The quantitative estimate of drug-likeness (QED) is 0.298. The summed E-state index contributed by atoms with van der Waals surface area (Å²) in [5, 5.41) is 4.48. The molecule has 0 bridgehead atoms. The average molecular weight is 532 g/mol. The number of aryl methyl sites for hydroxylation is 1. The lowest BCUT2D eigenvalue weighted by atomic mass is 10.0. The topological polar surface area (TPSA) is 49.4 Å². The summed E-state index contributed by atoms with van der Waals surface area (Å²) in [6.45, 7) is 2.64. The summed E-state index contributed by atoms with van der Waals surface area (Å²) in [6.07, 6.45) is 1.81. The van der Waals surface area contributed by atoms with Crippen LogP contribution in [0.5, 0.6) is 0 Å². The van der Waals surface area contributed by atoms with Gasteiger partial charge in [0.2, 0.25) is 11.8 Å². The summed E-state index contributed by atoms with van der Waals surface area (Å²) in [6, 6.07) is 21.6. The Kier molecular flexibility index (Phi) is 10.5. The molecule has 0 saturated carbocycles. The molecule has 0 spiro atoms. The van der Waals surface area contributed by atoms with Gasteiger partial charge in [0.25, 0.3) is 0 Å². The molecule has 0 aromatic heterocycles. The molecule has 3 rings (SSSR count). The largest absolute Gasteiger partial charge is 0.354 e. The van der Waals surface area contributed by atoms with E-state index in [-0.39, 0.29) is 24.8 Å². The van der Waals surface area contributed by atoms with Crippen molar-refractivity contribution in [3.63, 3.8) is 0 Å². The molecule has 35 heavy (non-hydrogen) atoms. The van der Waals surface area contributed by atoms with Gasteiger partial charge in [0.1, 0.15) is 6.04 Å². The highest BCUT2D eigenvalue weighted by atomic mass is 35.5. The van der Waals surface area contributed by atoms with Gasteiger partial charge in [0.15, 0.2) is 0 Å². The zero-order valence-corrected chi connectivity index (χ0v) is 21.9. The predicted molar refractivity (Wildman–Crippen MR) is 144 cm³/mol. The number of carbonyl (C=O) groups is 2. The molecule has 0 aliphatic carbocycles. The first-order chi connectivity index (χ1) is 16.9. The number of hydrogen-bond donors (Lipinski definition) is 1. The van der Waals surface area contributed by atoms with Crippen molar-refractivity contribution in [2.75, 3.05) is 6.54 Å². The van der Waals surface area contributed by atoms with E-state index in [9.17, 15) is 9.59 Å². The zero-order chi connectivity index (χ0) is 25.2. The van der Waals surface area contributed by atoms with Crippen molar-refractivity contribution in [2.24, 2.45) is 0 Å². The molecule has 1 atom stereocenters. The van der Waals surface area contributed by atoms with Crippen LogP contribution in [0.25, 0.3) is 0 Å². The molecule has 1 unspecified atom stereocenters. The van der Waals surface area contributed by atoms with Gasteiger partial charge in [-0.15, -0.1) is 0 Å². The molecule has 0 saturated heterocycles. The Hall–Kier alpha value is -2.53. The summed E-state index contributed by atoms with van der Waals surface area (Å²) < 4.78 is 0. The number of amides is 2. The van der Waals surface area contributed by atoms with Crippen molar-refractivity contribution in [1.82, 2.24) is 10.2 Å². The lowest BCUT2D eigenvalue weighted by Crippen LogP contribution is -2.50. The minimum Gasteiger partial charge on any atom is -0.354 e. The summed E-state index contributed by atoms with van der Waals surface area (Å²) in [7, 11) is 0. The number of rotatable bonds is 11. The van der Waals surface area contributed by atoms with Crippen molar-refractivity contribution in [3.8, 4) is 0 Å². The van der Waals surface area contributed by atoms with E-state index in [1.807, 2.05) is 55.5 Å². The second-order valence-corrected chi connectivity index (χ2v) is 9.53. The average Bonchev–Trinajstić information content (AvgIpc) is 2.86. The fourth-order valence-electron chi connectivity index (χ4n) is 3.86. The van der Waals surface area contributed by atoms with E-state index >= 15 is 0 Å². The Morgan fingerprint density at radius 3 is 2.14 bits per heavy atom. The first kappa shape index (κ1) is 27.1. The lowest BCUT2D eigenvalue weighted by Gasteiger charge is -2.32. The van der Waals surface area contributed by atoms with Crippen molar-refractivity contribution in [3.05, 3.63) is 105 Å². The Bertz CT molecular complexity index is 1120. The smallest absolute Gasteiger partial charge is 0.243 e. The van der Waals surface area contributed by atoms with Crippen LogP contribution in [0.4, 0.5) is 0 Å². The van der Waals surface area contributed by atoms with Gasteiger partial charge in [0.05, 0.1) is 0 Å². The van der Waals surface area contributed by atoms with Crippen LogP contribution in [0.3, 0.4) is 0 Å². The van der Waals surface area contributed by atoms with Crippen molar-refractivity contribution in [2.45, 2.75) is 45.2 Å². The zero-order valence-electron chi connectivity index (χ0n) is 19.6. The third kappa shape index (κ3) is 7.73. The monoisotopic (exact) mass is 530 g/mol. The van der Waals surface area contributed by atoms with Crippen LogP contribution in [0.15, 0.2) is 72.8 Å². The third-order valence-corrected chi connectivity index (χ3v) is 6.85. The third-order valence-electron chi connectivity index (χ3n) is 5.78. The summed E-state index contributed by atoms with van der Waals surface area (Å²) in [5.74, 6) is -0.376. The number of halogens is 3. The van der Waals surface area contributed by atoms with Crippen LogP contribution < -0.4 is 5.32 Å². The van der Waals surface area contributed by atoms with E-state index in [0.717, 1.165) is 17.5 Å². The minimum absolute atomic E-state index is 0.122. The normalized spacial score (nSPS) is 11.7. The maximum atomic E-state index is 13.7. The first-order valence-electron chi connectivity index (χ1n) is 11.7. The second kappa shape index (κ2) is 13.5. The molecule has 2 amide bonds. The highest BCUT2D eigenvalue weighted by molar-refractivity contribution is 6.36. The maximum absolute atomic E-state index is 13.7. The van der Waals surface area contributed by atoms with E-state index in [1.54, 1.807) is 29.2 Å². The van der Waals surface area contributed by atoms with E-state index in [0.29, 0.717) is 40.0 Å². The fraction of sp³-hybridized carbons (Fsp3) is 0.286. The lowest BCUT2D eigenvalue weighted by molar-refractivity contribution is -0.141. The van der Waals surface area contributed by atoms with E-state index < -0.39 is 6.04 Å². The van der Waals surface area contributed by atoms with Crippen LogP contribution in [0.2, 0.25) is 15.1 Å². The number of nitrogens with zero attached hydrogens (tertiary/aromatic N) is 1. The van der Waals surface area contributed by atoms with Crippen molar-refractivity contribution in [1.29, 1.82) is 0 Å². The molecule has 0 heterocycles. The Morgan fingerprint density at radius 2 is 1.49 bits per heavy atom. The maximum Gasteiger partial charge on any atom is 0.243 e. The minimum atomic E-state index is -0.727. The molecule has 7 heteroatoms. The molecule has 0 aliphatic rings. The van der Waals surface area contributed by atoms with Crippen LogP contribution >= 0.6 is 34.8 Å². The van der Waals surface area contributed by atoms with E-state index in [4.69, 9.17) is 34.8 Å². The van der Waals surface area contributed by atoms with Crippen LogP contribution in [-0.2, 0) is 29.0 Å². The molecule has 184 valence electrons. The molecule has 0 fully saturated rings. The molecule has 1 N–H and O–H groups in total. The van der Waals surface area contributed by atoms with Crippen LogP contribution in [-0.4, -0.2) is 29.3 Å². The van der Waals surface area contributed by atoms with Crippen molar-refractivity contribution >= 4 is 46.6 Å². The molecule has 0 aliphatic heterocycles. The highest BCUT2D eigenvalue weighted by Crippen LogP contribution is 2.28. The van der Waals surface area contributed by atoms with E-state index in [1.165, 1.54) is 0 Å². The summed E-state index contributed by atoms with van der Waals surface area (Å²) in [4.78, 5) is 28.6. The number of nitrogens with one attached hydrogen (secondary N) is 1. The first-order valence-corrected chi connectivity index (χ1v) is 12.8. The Labute approximate surface area is 222 Å². The fourth-order valence-corrected chi connectivity index (χ4v) is 4.61. The van der Waals surface area contributed by atoms with Crippen LogP contribution in [0, 0.1) is 0 Å². The molecule has 0 radical (unpaired) electrons. The van der Waals surface area contributed by atoms with Crippen LogP contribution in [0.1, 0.15) is 36.5 Å². The van der Waals surface area contributed by atoms with Gasteiger partial charge < -0.3 is 10.2 Å². The predicted octanol–water partition coefficient (Wildman–Crippen LogP) is 6.75. The van der Waals surface area contributed by atoms with Gasteiger partial charge in [0, 0.05) is 46.6 Å². The number of benzene rings is 3. The summed E-state index contributed by atoms with van der Waals surface area (Å²) in [5.41, 5.74) is 2.45. The van der Waals surface area contributed by atoms with Gasteiger partial charge in [-0.3, -0.25) is 9.59 Å². The summed E-state index contributed by atoms with van der Waals surface area (Å²) >= 11 is 19.2. The Morgan fingerprint density at radius 1 is 0.857 bits per heavy atom. The van der Waals surface area contributed by atoms with Crippen molar-refractivity contribution < 1.29 is 9.59 Å². The molecular formula is C28H29Cl3N2O2. The van der Waals surface area contributed by atoms with Gasteiger partial charge >= 0.3 is 0 Å². The van der Waals surface area contributed by atoms with Gasteiger partial charge in [-0.1, -0.05) is 96.3 Å². The number of carbonyl (C=O) groups excluding carboxylic acids is 2. The molecule has 3 aromatic rings. The standard InChI is InChI=1S/C28H29Cl3N2O2/c1-2-17-32-28(35)26(18-20-9-4-3-5-10-20)33(19-22-24(30)13-8-14-25(22)31)27(34)16-15-21-11-6-7-12-23(21)29/h3-14,26H,2,15-19H2,1H3,(H,32,35). The van der Waals surface area contributed by atoms with Gasteiger partial charge in [-0.25, -0.2) is 0 Å². The molecule has 3 aromatic carbocycles. The SMILES string of the molecule is CCCNC(=O)C(Cc1ccccc1)N(Cc1c(Cl)cccc1Cl)C(=O)CCc1ccccc1Cl. The van der Waals surface area contributed by atoms with Gasteiger partial charge in [-0.05, 0) is 42.2 Å². The molecule has 4 nitrogen and oxygen atoms in total.